The molecule has 1 unspecified atom stereocenters. The highest BCUT2D eigenvalue weighted by atomic mass is 79.9. The lowest BCUT2D eigenvalue weighted by Gasteiger charge is -2.31. The van der Waals surface area contributed by atoms with Gasteiger partial charge in [-0.3, -0.25) is 9.59 Å². The summed E-state index contributed by atoms with van der Waals surface area (Å²) in [5.41, 5.74) is 0.761. The smallest absolute Gasteiger partial charge is 0.253 e. The van der Waals surface area contributed by atoms with E-state index >= 15 is 0 Å². The van der Waals surface area contributed by atoms with E-state index in [0.717, 1.165) is 4.47 Å². The number of nitrogens with one attached hydrogen (secondary N) is 1. The zero-order valence-corrected chi connectivity index (χ0v) is 16.7. The molecular weight excluding hydrogens is 425 g/mol. The van der Waals surface area contributed by atoms with Crippen LogP contribution in [0.3, 0.4) is 0 Å². The van der Waals surface area contributed by atoms with Gasteiger partial charge in [0.25, 0.3) is 5.91 Å². The van der Waals surface area contributed by atoms with Crippen LogP contribution in [0, 0.1) is 23.1 Å². The van der Waals surface area contributed by atoms with Gasteiger partial charge in [0.2, 0.25) is 5.91 Å². The summed E-state index contributed by atoms with van der Waals surface area (Å²) >= 11 is 3.35. The van der Waals surface area contributed by atoms with Gasteiger partial charge >= 0.3 is 0 Å². The summed E-state index contributed by atoms with van der Waals surface area (Å²) in [6, 6.07) is 14.0. The number of carbonyl (C=O) groups excluding carboxylic acids is 2. The van der Waals surface area contributed by atoms with Crippen LogP contribution in [0.1, 0.15) is 34.8 Å². The number of nitrogens with zero attached hydrogens (tertiary/aromatic N) is 2. The van der Waals surface area contributed by atoms with Crippen LogP contribution in [-0.2, 0) is 4.79 Å². The SMILES string of the molecule is N#CC(NC(=O)C1CCN(C(=O)c2ccc(Br)cc2)CC1)c1ccccc1F. The molecule has 1 heterocycles. The molecule has 2 amide bonds. The number of likely N-dealkylation sites (tertiary alicyclic amines) is 1. The largest absolute Gasteiger partial charge is 0.339 e. The summed E-state index contributed by atoms with van der Waals surface area (Å²) in [6.45, 7) is 0.924. The van der Waals surface area contributed by atoms with Gasteiger partial charge in [0.05, 0.1) is 6.07 Å². The number of hydrogen-bond donors (Lipinski definition) is 1. The van der Waals surface area contributed by atoms with Gasteiger partial charge in [-0.15, -0.1) is 0 Å². The second-order valence-electron chi connectivity index (χ2n) is 6.67. The van der Waals surface area contributed by atoms with Gasteiger partial charge < -0.3 is 10.2 Å². The van der Waals surface area contributed by atoms with Crippen LogP contribution in [0.25, 0.3) is 0 Å². The lowest BCUT2D eigenvalue weighted by molar-refractivity contribution is -0.126. The molecule has 1 atom stereocenters. The van der Waals surface area contributed by atoms with Crippen molar-refractivity contribution in [1.82, 2.24) is 10.2 Å². The zero-order chi connectivity index (χ0) is 20.1. The first-order chi connectivity index (χ1) is 13.5. The van der Waals surface area contributed by atoms with Crippen molar-refractivity contribution in [3.8, 4) is 6.07 Å². The quantitative estimate of drug-likeness (QED) is 0.780. The first-order valence-corrected chi connectivity index (χ1v) is 9.78. The van der Waals surface area contributed by atoms with Crippen LogP contribution in [0.2, 0.25) is 0 Å². The van der Waals surface area contributed by atoms with Crippen molar-refractivity contribution in [2.24, 2.45) is 5.92 Å². The number of piperidine rings is 1. The summed E-state index contributed by atoms with van der Waals surface area (Å²) in [5.74, 6) is -1.18. The molecule has 2 aromatic rings. The van der Waals surface area contributed by atoms with Gasteiger partial charge in [0.1, 0.15) is 11.9 Å². The summed E-state index contributed by atoms with van der Waals surface area (Å²) in [4.78, 5) is 26.8. The van der Waals surface area contributed by atoms with Crippen LogP contribution in [0.4, 0.5) is 4.39 Å². The maximum atomic E-state index is 13.9. The molecule has 28 heavy (non-hydrogen) atoms. The van der Waals surface area contributed by atoms with Gasteiger partial charge in [0, 0.05) is 34.6 Å². The molecule has 1 aliphatic heterocycles. The summed E-state index contributed by atoms with van der Waals surface area (Å²) in [6.07, 6.45) is 1.01. The average molecular weight is 444 g/mol. The molecule has 1 fully saturated rings. The Hall–Kier alpha value is -2.72. The minimum atomic E-state index is -1.03. The van der Waals surface area contributed by atoms with Crippen LogP contribution in [-0.4, -0.2) is 29.8 Å². The third-order valence-corrected chi connectivity index (χ3v) is 5.40. The Morgan fingerprint density at radius 1 is 1.14 bits per heavy atom. The Morgan fingerprint density at radius 3 is 2.39 bits per heavy atom. The van der Waals surface area contributed by atoms with Gasteiger partial charge in [-0.2, -0.15) is 5.26 Å². The van der Waals surface area contributed by atoms with Crippen LogP contribution < -0.4 is 5.32 Å². The Balaban J connectivity index is 1.57. The van der Waals surface area contributed by atoms with Crippen molar-refractivity contribution >= 4 is 27.7 Å². The van der Waals surface area contributed by atoms with E-state index in [2.05, 4.69) is 21.2 Å². The molecule has 0 saturated carbocycles. The fraction of sp³-hybridized carbons (Fsp3) is 0.286. The molecule has 0 aliphatic carbocycles. The normalized spacial score (nSPS) is 15.5. The van der Waals surface area contributed by atoms with E-state index < -0.39 is 11.9 Å². The number of nitriles is 1. The lowest BCUT2D eigenvalue weighted by Crippen LogP contribution is -2.43. The topological polar surface area (TPSA) is 73.2 Å². The fourth-order valence-corrected chi connectivity index (χ4v) is 3.53. The van der Waals surface area contributed by atoms with E-state index in [1.807, 2.05) is 18.2 Å². The Labute approximate surface area is 171 Å². The van der Waals surface area contributed by atoms with Crippen molar-refractivity contribution in [3.05, 3.63) is 69.9 Å². The molecule has 7 heteroatoms. The summed E-state index contributed by atoms with van der Waals surface area (Å²) in [5, 5.41) is 12.0. The maximum Gasteiger partial charge on any atom is 0.253 e. The fourth-order valence-electron chi connectivity index (χ4n) is 3.27. The first-order valence-electron chi connectivity index (χ1n) is 8.99. The van der Waals surface area contributed by atoms with E-state index in [1.165, 1.54) is 18.2 Å². The van der Waals surface area contributed by atoms with Crippen molar-refractivity contribution in [3.63, 3.8) is 0 Å². The molecule has 0 bridgehead atoms. The highest BCUT2D eigenvalue weighted by Gasteiger charge is 2.29. The van der Waals surface area contributed by atoms with E-state index in [0.29, 0.717) is 31.5 Å². The van der Waals surface area contributed by atoms with Crippen LogP contribution in [0.15, 0.2) is 53.0 Å². The molecule has 1 saturated heterocycles. The molecule has 1 aliphatic rings. The number of hydrogen-bond acceptors (Lipinski definition) is 3. The van der Waals surface area contributed by atoms with Crippen molar-refractivity contribution in [2.75, 3.05) is 13.1 Å². The molecule has 2 aromatic carbocycles. The van der Waals surface area contributed by atoms with E-state index in [-0.39, 0.29) is 23.3 Å². The van der Waals surface area contributed by atoms with E-state index in [4.69, 9.17) is 0 Å². The third-order valence-electron chi connectivity index (χ3n) is 4.88. The van der Waals surface area contributed by atoms with Gasteiger partial charge in [-0.1, -0.05) is 34.1 Å². The number of rotatable bonds is 4. The average Bonchev–Trinajstić information content (AvgIpc) is 2.72. The van der Waals surface area contributed by atoms with E-state index in [9.17, 15) is 19.2 Å². The minimum absolute atomic E-state index is 0.0624. The highest BCUT2D eigenvalue weighted by molar-refractivity contribution is 9.10. The number of halogens is 2. The Morgan fingerprint density at radius 2 is 1.79 bits per heavy atom. The predicted molar refractivity (Wildman–Crippen MR) is 106 cm³/mol. The lowest BCUT2D eigenvalue weighted by atomic mass is 9.94. The van der Waals surface area contributed by atoms with Crippen LogP contribution >= 0.6 is 15.9 Å². The van der Waals surface area contributed by atoms with E-state index in [1.54, 1.807) is 23.1 Å². The molecular formula is C21H19BrFN3O2. The van der Waals surface area contributed by atoms with Crippen molar-refractivity contribution < 1.29 is 14.0 Å². The molecule has 144 valence electrons. The molecule has 1 N–H and O–H groups in total. The van der Waals surface area contributed by atoms with Crippen LogP contribution in [0.5, 0.6) is 0 Å². The number of benzene rings is 2. The summed E-state index contributed by atoms with van der Waals surface area (Å²) < 4.78 is 14.8. The monoisotopic (exact) mass is 443 g/mol. The molecule has 5 nitrogen and oxygen atoms in total. The second kappa shape index (κ2) is 8.98. The van der Waals surface area contributed by atoms with Crippen molar-refractivity contribution in [2.45, 2.75) is 18.9 Å². The minimum Gasteiger partial charge on any atom is -0.339 e. The predicted octanol–water partition coefficient (Wildman–Crippen LogP) is 3.82. The van der Waals surface area contributed by atoms with Gasteiger partial charge in [-0.05, 0) is 43.2 Å². The molecule has 3 rings (SSSR count). The van der Waals surface area contributed by atoms with Crippen molar-refractivity contribution in [1.29, 1.82) is 5.26 Å². The van der Waals surface area contributed by atoms with Gasteiger partial charge in [0.15, 0.2) is 0 Å². The molecule has 0 spiro atoms. The number of amides is 2. The maximum absolute atomic E-state index is 13.9. The standard InChI is InChI=1S/C21H19BrFN3O2/c22-16-7-5-15(6-8-16)21(28)26-11-9-14(10-12-26)20(27)25-19(13-24)17-3-1-2-4-18(17)23/h1-8,14,19H,9-12H2,(H,25,27). The first kappa shape index (κ1) is 20.0. The Kier molecular flexibility index (Phi) is 6.42. The number of carbonyl (C=O) groups is 2. The molecule has 0 aromatic heterocycles. The second-order valence-corrected chi connectivity index (χ2v) is 7.58. The molecule has 0 radical (unpaired) electrons. The summed E-state index contributed by atoms with van der Waals surface area (Å²) in [7, 11) is 0. The Bertz CT molecular complexity index is 903. The zero-order valence-electron chi connectivity index (χ0n) is 15.1. The third kappa shape index (κ3) is 4.57. The highest BCUT2D eigenvalue weighted by Crippen LogP contribution is 2.22. The van der Waals surface area contributed by atoms with Gasteiger partial charge in [-0.25, -0.2) is 4.39 Å².